The van der Waals surface area contributed by atoms with Crippen LogP contribution < -0.4 is 5.32 Å². The highest BCUT2D eigenvalue weighted by molar-refractivity contribution is 6.30. The Bertz CT molecular complexity index is 1040. The third-order valence-corrected chi connectivity index (χ3v) is 6.45. The van der Waals surface area contributed by atoms with Crippen LogP contribution in [0.3, 0.4) is 0 Å². The van der Waals surface area contributed by atoms with Gasteiger partial charge in [0, 0.05) is 10.6 Å². The minimum Gasteiger partial charge on any atom is -0.459 e. The number of esters is 1. The van der Waals surface area contributed by atoms with Gasteiger partial charge in [0.25, 0.3) is 5.91 Å². The number of carbonyl (C=O) groups excluding carboxylic acids is 4. The van der Waals surface area contributed by atoms with Gasteiger partial charge in [-0.1, -0.05) is 24.4 Å². The molecule has 2 aromatic rings. The van der Waals surface area contributed by atoms with Crippen molar-refractivity contribution >= 4 is 35.3 Å². The van der Waals surface area contributed by atoms with Crippen molar-refractivity contribution in [3.8, 4) is 11.3 Å². The largest absolute Gasteiger partial charge is 0.459 e. The zero-order valence-corrected chi connectivity index (χ0v) is 19.0. The summed E-state index contributed by atoms with van der Waals surface area (Å²) in [6, 6.07) is 9.64. The van der Waals surface area contributed by atoms with Gasteiger partial charge in [-0.3, -0.25) is 19.3 Å². The minimum atomic E-state index is -1.06. The number of nitrogens with zero attached hydrogens (tertiary/aromatic N) is 1. The van der Waals surface area contributed by atoms with E-state index in [-0.39, 0.29) is 30.2 Å². The third kappa shape index (κ3) is 4.95. The summed E-state index contributed by atoms with van der Waals surface area (Å²) in [5.41, 5.74) is 0.853. The van der Waals surface area contributed by atoms with Gasteiger partial charge in [0.1, 0.15) is 17.6 Å². The van der Waals surface area contributed by atoms with E-state index >= 15 is 0 Å². The molecule has 1 N–H and O–H groups in total. The van der Waals surface area contributed by atoms with Crippen LogP contribution >= 0.6 is 11.6 Å². The summed E-state index contributed by atoms with van der Waals surface area (Å²) in [6.45, 7) is 1.05. The van der Waals surface area contributed by atoms with E-state index in [1.165, 1.54) is 6.92 Å². The van der Waals surface area contributed by atoms with Crippen LogP contribution in [0.4, 0.5) is 0 Å². The molecule has 1 aliphatic heterocycles. The number of hydrogen-bond donors (Lipinski definition) is 1. The van der Waals surface area contributed by atoms with Crippen LogP contribution in [0, 0.1) is 11.8 Å². The zero-order chi connectivity index (χ0) is 23.5. The van der Waals surface area contributed by atoms with Crippen LogP contribution in [0.15, 0.2) is 40.8 Å². The van der Waals surface area contributed by atoms with Crippen LogP contribution in [0.2, 0.25) is 5.02 Å². The van der Waals surface area contributed by atoms with Crippen LogP contribution in [0.25, 0.3) is 11.3 Å². The van der Waals surface area contributed by atoms with Crippen LogP contribution in [0.1, 0.15) is 38.4 Å². The monoisotopic (exact) mass is 472 g/mol. The minimum absolute atomic E-state index is 0.117. The molecule has 3 atom stereocenters. The second-order valence-corrected chi connectivity index (χ2v) is 8.81. The second-order valence-electron chi connectivity index (χ2n) is 8.38. The molecule has 1 aromatic heterocycles. The highest BCUT2D eigenvalue weighted by Crippen LogP contribution is 2.38. The summed E-state index contributed by atoms with van der Waals surface area (Å²) in [5.74, 6) is -1.44. The van der Waals surface area contributed by atoms with Crippen molar-refractivity contribution in [1.82, 2.24) is 10.2 Å². The molecule has 3 amide bonds. The Hall–Kier alpha value is -3.13. The molecule has 9 heteroatoms. The lowest BCUT2D eigenvalue weighted by Gasteiger charge is -2.21. The molecule has 8 nitrogen and oxygen atoms in total. The van der Waals surface area contributed by atoms with Crippen molar-refractivity contribution in [3.05, 3.63) is 47.2 Å². The average Bonchev–Trinajstić information content (AvgIpc) is 3.39. The fourth-order valence-corrected chi connectivity index (χ4v) is 4.54. The molecule has 1 saturated heterocycles. The molecule has 1 saturated carbocycles. The predicted octanol–water partition coefficient (Wildman–Crippen LogP) is 3.32. The molecule has 33 heavy (non-hydrogen) atoms. The predicted molar refractivity (Wildman–Crippen MR) is 119 cm³/mol. The van der Waals surface area contributed by atoms with Crippen molar-refractivity contribution in [2.45, 2.75) is 45.2 Å². The van der Waals surface area contributed by atoms with Gasteiger partial charge >= 0.3 is 5.97 Å². The zero-order valence-electron chi connectivity index (χ0n) is 18.2. The second kappa shape index (κ2) is 9.79. The number of likely N-dealkylation sites (tertiary alicyclic amines) is 1. The van der Waals surface area contributed by atoms with Crippen molar-refractivity contribution in [2.24, 2.45) is 11.8 Å². The molecule has 2 fully saturated rings. The number of rotatable bonds is 7. The average molecular weight is 473 g/mol. The van der Waals surface area contributed by atoms with E-state index in [4.69, 9.17) is 20.8 Å². The van der Waals surface area contributed by atoms with Gasteiger partial charge < -0.3 is 14.5 Å². The first-order valence-corrected chi connectivity index (χ1v) is 11.4. The number of ether oxygens (including phenoxy) is 1. The van der Waals surface area contributed by atoms with Gasteiger partial charge in [-0.05, 0) is 56.2 Å². The number of hydrogen-bond acceptors (Lipinski definition) is 6. The van der Waals surface area contributed by atoms with Gasteiger partial charge in [-0.25, -0.2) is 4.79 Å². The first-order valence-electron chi connectivity index (χ1n) is 11.0. The molecule has 4 rings (SSSR count). The molecular formula is C24H25ClN2O6. The molecule has 174 valence electrons. The van der Waals surface area contributed by atoms with Crippen molar-refractivity contribution in [3.63, 3.8) is 0 Å². The number of benzene rings is 1. The van der Waals surface area contributed by atoms with Crippen LogP contribution in [-0.4, -0.2) is 41.2 Å². The molecular weight excluding hydrogens is 448 g/mol. The maximum atomic E-state index is 12.6. The Morgan fingerprint density at radius 2 is 1.73 bits per heavy atom. The fourth-order valence-electron chi connectivity index (χ4n) is 4.41. The summed E-state index contributed by atoms with van der Waals surface area (Å²) in [5, 5.41) is 3.24. The van der Waals surface area contributed by atoms with Crippen molar-refractivity contribution < 1.29 is 28.3 Å². The van der Waals surface area contributed by atoms with Gasteiger partial charge in [-0.15, -0.1) is 0 Å². The summed E-state index contributed by atoms with van der Waals surface area (Å²) in [7, 11) is 0. The number of carbonyl (C=O) groups is 4. The highest BCUT2D eigenvalue weighted by atomic mass is 35.5. The molecule has 0 radical (unpaired) electrons. The highest BCUT2D eigenvalue weighted by Gasteiger charge is 2.51. The van der Waals surface area contributed by atoms with Crippen molar-refractivity contribution in [1.29, 1.82) is 0 Å². The van der Waals surface area contributed by atoms with Gasteiger partial charge in [-0.2, -0.15) is 0 Å². The Morgan fingerprint density at radius 3 is 2.36 bits per heavy atom. The topological polar surface area (TPSA) is 106 Å². The number of imide groups is 1. The summed E-state index contributed by atoms with van der Waals surface area (Å²) in [4.78, 5) is 50.8. The molecule has 0 bridgehead atoms. The maximum Gasteiger partial charge on any atom is 0.329 e. The third-order valence-electron chi connectivity index (χ3n) is 6.20. The quantitative estimate of drug-likeness (QED) is 0.489. The summed E-state index contributed by atoms with van der Waals surface area (Å²) >= 11 is 5.89. The smallest absolute Gasteiger partial charge is 0.329 e. The first kappa shape index (κ1) is 23.0. The lowest BCUT2D eigenvalue weighted by molar-refractivity contribution is -0.159. The van der Waals surface area contributed by atoms with Gasteiger partial charge in [0.05, 0.1) is 18.4 Å². The molecule has 2 heterocycles. The van der Waals surface area contributed by atoms with E-state index in [0.29, 0.717) is 29.4 Å². The van der Waals surface area contributed by atoms with E-state index in [0.717, 1.165) is 23.3 Å². The molecule has 2 aliphatic rings. The summed E-state index contributed by atoms with van der Waals surface area (Å²) < 4.78 is 10.8. The number of halogens is 1. The van der Waals surface area contributed by atoms with E-state index < -0.39 is 24.5 Å². The molecule has 1 aliphatic carbocycles. The molecule has 1 aromatic carbocycles. The lowest BCUT2D eigenvalue weighted by atomic mass is 9.81. The van der Waals surface area contributed by atoms with E-state index in [9.17, 15) is 19.2 Å². The SMILES string of the molecule is CC(C(=O)OCC(=O)NCc1ccc(-c2ccc(Cl)cc2)o1)N1C(=O)C2CCCCC2C1=O. The van der Waals surface area contributed by atoms with Gasteiger partial charge in [0.15, 0.2) is 6.61 Å². The van der Waals surface area contributed by atoms with E-state index in [1.807, 2.05) is 12.1 Å². The lowest BCUT2D eigenvalue weighted by Crippen LogP contribution is -2.45. The van der Waals surface area contributed by atoms with Crippen LogP contribution in [0.5, 0.6) is 0 Å². The Morgan fingerprint density at radius 1 is 1.09 bits per heavy atom. The Balaban J connectivity index is 1.25. The standard InChI is InChI=1S/C24H25ClN2O6/c1-14(27-22(29)18-4-2-3-5-19(18)23(27)30)24(31)32-13-21(28)26-12-17-10-11-20(33-17)15-6-8-16(25)9-7-15/h6-11,14,18-19H,2-5,12-13H2,1H3,(H,26,28). The van der Waals surface area contributed by atoms with E-state index in [1.54, 1.807) is 24.3 Å². The Kier molecular flexibility index (Phi) is 6.83. The van der Waals surface area contributed by atoms with Gasteiger partial charge in [0.2, 0.25) is 11.8 Å². The first-order chi connectivity index (χ1) is 15.8. The maximum absolute atomic E-state index is 12.6. The normalized spacial score (nSPS) is 21.0. The number of nitrogens with one attached hydrogen (secondary N) is 1. The van der Waals surface area contributed by atoms with Crippen molar-refractivity contribution in [2.75, 3.05) is 6.61 Å². The summed E-state index contributed by atoms with van der Waals surface area (Å²) in [6.07, 6.45) is 3.15. The van der Waals surface area contributed by atoms with E-state index in [2.05, 4.69) is 5.32 Å². The fraction of sp³-hybridized carbons (Fsp3) is 0.417. The molecule has 0 spiro atoms. The Labute approximate surface area is 196 Å². The molecule has 3 unspecified atom stereocenters. The number of amides is 3. The number of fused-ring (bicyclic) bond motifs is 1. The van der Waals surface area contributed by atoms with Crippen LogP contribution in [-0.2, 0) is 30.5 Å². The number of furan rings is 1.